The second-order valence-electron chi connectivity index (χ2n) is 3.92. The Morgan fingerprint density at radius 2 is 2.11 bits per heavy atom. The van der Waals surface area contributed by atoms with E-state index < -0.39 is 10.1 Å². The van der Waals surface area contributed by atoms with Gasteiger partial charge in [-0.25, -0.2) is 4.68 Å². The van der Waals surface area contributed by atoms with Gasteiger partial charge in [0, 0.05) is 0 Å². The van der Waals surface area contributed by atoms with Gasteiger partial charge in [0.2, 0.25) is 0 Å². The van der Waals surface area contributed by atoms with Crippen LogP contribution < -0.4 is 5.73 Å². The van der Waals surface area contributed by atoms with E-state index in [1.54, 1.807) is 13.0 Å². The molecule has 0 atom stereocenters. The predicted octanol–water partition coefficient (Wildman–Crippen LogP) is 0.969. The first-order valence-corrected chi connectivity index (χ1v) is 6.93. The Balaban J connectivity index is 2.60. The van der Waals surface area contributed by atoms with Crippen molar-refractivity contribution in [2.75, 3.05) is 5.73 Å². The summed E-state index contributed by atoms with van der Waals surface area (Å²) in [4.78, 5) is -0.266. The Labute approximate surface area is 110 Å². The van der Waals surface area contributed by atoms with Crippen LogP contribution in [-0.2, 0) is 16.5 Å². The third kappa shape index (κ3) is 2.40. The standard InChI is InChI=1S/C11H13N3O4S/c1-2-9-10(15)11(12)14(13-9)7-4-3-5-8(6-7)19(16,17)18/h3-6,15H,2,12H2,1H3,(H,16,17,18). The molecule has 0 radical (unpaired) electrons. The zero-order valence-corrected chi connectivity index (χ0v) is 10.9. The van der Waals surface area contributed by atoms with Gasteiger partial charge in [0.05, 0.1) is 10.6 Å². The van der Waals surface area contributed by atoms with E-state index in [-0.39, 0.29) is 16.5 Å². The lowest BCUT2D eigenvalue weighted by molar-refractivity contribution is 0.471. The fourth-order valence-electron chi connectivity index (χ4n) is 1.68. The Morgan fingerprint density at radius 1 is 1.42 bits per heavy atom. The maximum atomic E-state index is 11.1. The van der Waals surface area contributed by atoms with E-state index in [1.165, 1.54) is 22.9 Å². The van der Waals surface area contributed by atoms with Gasteiger partial charge in [-0.3, -0.25) is 4.55 Å². The Kier molecular flexibility index (Phi) is 3.21. The van der Waals surface area contributed by atoms with E-state index in [0.29, 0.717) is 17.8 Å². The van der Waals surface area contributed by atoms with Crippen molar-refractivity contribution in [2.24, 2.45) is 0 Å². The van der Waals surface area contributed by atoms with Crippen molar-refractivity contribution in [1.82, 2.24) is 9.78 Å². The predicted molar refractivity (Wildman–Crippen MR) is 68.8 cm³/mol. The summed E-state index contributed by atoms with van der Waals surface area (Å²) in [5.74, 6) is -0.107. The van der Waals surface area contributed by atoms with Crippen LogP contribution in [0.15, 0.2) is 29.2 Å². The minimum Gasteiger partial charge on any atom is -0.503 e. The summed E-state index contributed by atoms with van der Waals surface area (Å²) in [7, 11) is -4.30. The van der Waals surface area contributed by atoms with Crippen LogP contribution in [0.25, 0.3) is 5.69 Å². The van der Waals surface area contributed by atoms with Crippen LogP contribution in [0, 0.1) is 0 Å². The zero-order valence-electron chi connectivity index (χ0n) is 10.1. The van der Waals surface area contributed by atoms with Gasteiger partial charge in [-0.05, 0) is 24.6 Å². The van der Waals surface area contributed by atoms with Gasteiger partial charge >= 0.3 is 0 Å². The van der Waals surface area contributed by atoms with E-state index in [0.717, 1.165) is 0 Å². The average molecular weight is 283 g/mol. The molecule has 1 heterocycles. The molecule has 0 saturated heterocycles. The molecule has 4 N–H and O–H groups in total. The molecule has 2 rings (SSSR count). The lowest BCUT2D eigenvalue weighted by Gasteiger charge is -2.05. The second-order valence-corrected chi connectivity index (χ2v) is 5.34. The molecule has 0 spiro atoms. The van der Waals surface area contributed by atoms with Gasteiger partial charge in [0.25, 0.3) is 10.1 Å². The van der Waals surface area contributed by atoms with Crippen LogP contribution in [0.5, 0.6) is 5.75 Å². The van der Waals surface area contributed by atoms with Gasteiger partial charge in [-0.1, -0.05) is 13.0 Å². The molecular weight excluding hydrogens is 270 g/mol. The summed E-state index contributed by atoms with van der Waals surface area (Å²) < 4.78 is 32.4. The lowest BCUT2D eigenvalue weighted by Crippen LogP contribution is -2.04. The first-order valence-electron chi connectivity index (χ1n) is 5.49. The van der Waals surface area contributed by atoms with Gasteiger partial charge in [0.15, 0.2) is 11.6 Å². The molecule has 0 fully saturated rings. The molecule has 19 heavy (non-hydrogen) atoms. The van der Waals surface area contributed by atoms with Gasteiger partial charge in [-0.15, -0.1) is 0 Å². The second kappa shape index (κ2) is 4.56. The van der Waals surface area contributed by atoms with Gasteiger partial charge in [-0.2, -0.15) is 13.5 Å². The van der Waals surface area contributed by atoms with Crippen LogP contribution in [0.3, 0.4) is 0 Å². The molecule has 1 aromatic carbocycles. The van der Waals surface area contributed by atoms with E-state index in [9.17, 15) is 13.5 Å². The lowest BCUT2D eigenvalue weighted by atomic mass is 10.3. The highest BCUT2D eigenvalue weighted by atomic mass is 32.2. The van der Waals surface area contributed by atoms with Crippen molar-refractivity contribution >= 4 is 15.9 Å². The number of benzene rings is 1. The van der Waals surface area contributed by atoms with E-state index in [1.807, 2.05) is 0 Å². The molecule has 0 aliphatic rings. The summed E-state index contributed by atoms with van der Waals surface area (Å²) in [6.07, 6.45) is 0.487. The normalized spacial score (nSPS) is 11.7. The minimum absolute atomic E-state index is 0.0179. The van der Waals surface area contributed by atoms with Crippen molar-refractivity contribution in [2.45, 2.75) is 18.2 Å². The minimum atomic E-state index is -4.30. The summed E-state index contributed by atoms with van der Waals surface area (Å²) in [5.41, 5.74) is 6.46. The summed E-state index contributed by atoms with van der Waals surface area (Å²) in [6, 6.07) is 5.48. The average Bonchev–Trinajstić information content (AvgIpc) is 2.65. The number of nitrogens with two attached hydrogens (primary N) is 1. The van der Waals surface area contributed by atoms with Gasteiger partial charge < -0.3 is 10.8 Å². The molecule has 8 heteroatoms. The molecule has 0 amide bonds. The number of nitrogens with zero attached hydrogens (tertiary/aromatic N) is 2. The smallest absolute Gasteiger partial charge is 0.294 e. The van der Waals surface area contributed by atoms with E-state index in [4.69, 9.17) is 10.3 Å². The number of hydrogen-bond donors (Lipinski definition) is 3. The number of anilines is 1. The zero-order chi connectivity index (χ0) is 14.2. The maximum Gasteiger partial charge on any atom is 0.294 e. The number of aryl methyl sites for hydroxylation is 1. The Bertz CT molecular complexity index is 722. The van der Waals surface area contributed by atoms with Crippen LogP contribution in [0.1, 0.15) is 12.6 Å². The molecule has 0 unspecified atom stereocenters. The molecule has 2 aromatic rings. The highest BCUT2D eigenvalue weighted by molar-refractivity contribution is 7.85. The Hall–Kier alpha value is -2.06. The largest absolute Gasteiger partial charge is 0.503 e. The SMILES string of the molecule is CCc1nn(-c2cccc(S(=O)(=O)O)c2)c(N)c1O. The summed E-state index contributed by atoms with van der Waals surface area (Å²) >= 11 is 0. The maximum absolute atomic E-state index is 11.1. The van der Waals surface area contributed by atoms with Crippen molar-refractivity contribution in [3.8, 4) is 11.4 Å². The molecule has 0 aliphatic heterocycles. The molecule has 1 aromatic heterocycles. The summed E-state index contributed by atoms with van der Waals surface area (Å²) in [6.45, 7) is 1.81. The first-order chi connectivity index (χ1) is 8.84. The highest BCUT2D eigenvalue weighted by Gasteiger charge is 2.16. The van der Waals surface area contributed by atoms with Crippen LogP contribution in [0.2, 0.25) is 0 Å². The number of hydrogen-bond acceptors (Lipinski definition) is 5. The van der Waals surface area contributed by atoms with E-state index >= 15 is 0 Å². The molecule has 102 valence electrons. The highest BCUT2D eigenvalue weighted by Crippen LogP contribution is 2.28. The fraction of sp³-hybridized carbons (Fsp3) is 0.182. The third-order valence-electron chi connectivity index (χ3n) is 2.66. The molecular formula is C11H13N3O4S. The quantitative estimate of drug-likeness (QED) is 0.722. The fourth-order valence-corrected chi connectivity index (χ4v) is 2.20. The third-order valence-corrected chi connectivity index (χ3v) is 3.51. The van der Waals surface area contributed by atoms with Crippen LogP contribution >= 0.6 is 0 Å². The number of nitrogen functional groups attached to an aromatic ring is 1. The number of aromatic hydroxyl groups is 1. The van der Waals surface area contributed by atoms with E-state index in [2.05, 4.69) is 5.10 Å². The molecule has 0 aliphatic carbocycles. The van der Waals surface area contributed by atoms with Crippen molar-refractivity contribution < 1.29 is 18.1 Å². The van der Waals surface area contributed by atoms with Gasteiger partial charge in [0.1, 0.15) is 5.69 Å². The Morgan fingerprint density at radius 3 is 2.63 bits per heavy atom. The first kappa shape index (κ1) is 13.4. The monoisotopic (exact) mass is 283 g/mol. The molecule has 0 saturated carbocycles. The number of aromatic nitrogens is 2. The topological polar surface area (TPSA) is 118 Å². The molecule has 0 bridgehead atoms. The number of rotatable bonds is 3. The molecule has 7 nitrogen and oxygen atoms in total. The van der Waals surface area contributed by atoms with Crippen molar-refractivity contribution in [3.05, 3.63) is 30.0 Å². The summed E-state index contributed by atoms with van der Waals surface area (Å²) in [5, 5.41) is 13.8. The van der Waals surface area contributed by atoms with Crippen molar-refractivity contribution in [3.63, 3.8) is 0 Å². The van der Waals surface area contributed by atoms with Crippen molar-refractivity contribution in [1.29, 1.82) is 0 Å². The van der Waals surface area contributed by atoms with Crippen LogP contribution in [0.4, 0.5) is 5.82 Å². The van der Waals surface area contributed by atoms with Crippen LogP contribution in [-0.4, -0.2) is 27.9 Å².